The van der Waals surface area contributed by atoms with Gasteiger partial charge in [0.25, 0.3) is 0 Å². The van der Waals surface area contributed by atoms with Crippen molar-refractivity contribution in [3.63, 3.8) is 0 Å². The molecule has 0 saturated carbocycles. The molecule has 0 aliphatic carbocycles. The third-order valence-corrected chi connectivity index (χ3v) is 2.13. The first-order valence-electron chi connectivity index (χ1n) is 4.51. The molecule has 1 unspecified atom stereocenters. The molecule has 1 atom stereocenters. The van der Waals surface area contributed by atoms with E-state index in [-0.39, 0.29) is 18.5 Å². The van der Waals surface area contributed by atoms with Crippen LogP contribution in [-0.4, -0.2) is 26.4 Å². The van der Waals surface area contributed by atoms with Gasteiger partial charge in [0, 0.05) is 6.54 Å². The quantitative estimate of drug-likeness (QED) is 0.832. The van der Waals surface area contributed by atoms with Crippen LogP contribution in [-0.2, 0) is 0 Å². The fraction of sp³-hybridized carbons (Fsp3) is 0.400. The van der Waals surface area contributed by atoms with Crippen LogP contribution >= 0.6 is 12.4 Å². The van der Waals surface area contributed by atoms with Gasteiger partial charge in [0.05, 0.1) is 7.11 Å². The second-order valence-corrected chi connectivity index (χ2v) is 3.07. The lowest BCUT2D eigenvalue weighted by Crippen LogP contribution is -2.35. The smallest absolute Gasteiger partial charge is 0.203 e. The third kappa shape index (κ3) is 2.27. The molecule has 1 heterocycles. The van der Waals surface area contributed by atoms with E-state index in [9.17, 15) is 0 Å². The Morgan fingerprint density at radius 1 is 1.53 bits per heavy atom. The Labute approximate surface area is 94.7 Å². The molecule has 1 aliphatic rings. The van der Waals surface area contributed by atoms with Crippen molar-refractivity contribution in [2.24, 2.45) is 5.73 Å². The molecular formula is C10H14ClNO3. The number of hydrogen-bond donors (Lipinski definition) is 1. The lowest BCUT2D eigenvalue weighted by atomic mass is 10.2. The van der Waals surface area contributed by atoms with Gasteiger partial charge in [0.2, 0.25) is 5.75 Å². The summed E-state index contributed by atoms with van der Waals surface area (Å²) in [5, 5.41) is 0. The number of halogens is 1. The van der Waals surface area contributed by atoms with Gasteiger partial charge in [-0.2, -0.15) is 0 Å². The number of benzene rings is 1. The summed E-state index contributed by atoms with van der Waals surface area (Å²) in [5.74, 6) is 2.06. The van der Waals surface area contributed by atoms with Crippen LogP contribution in [0.1, 0.15) is 0 Å². The van der Waals surface area contributed by atoms with Crippen molar-refractivity contribution in [3.8, 4) is 17.2 Å². The average Bonchev–Trinajstić information content (AvgIpc) is 2.27. The summed E-state index contributed by atoms with van der Waals surface area (Å²) in [4.78, 5) is 0. The topological polar surface area (TPSA) is 53.7 Å². The van der Waals surface area contributed by atoms with Crippen molar-refractivity contribution < 1.29 is 14.2 Å². The minimum absolute atomic E-state index is 0. The Morgan fingerprint density at radius 3 is 3.00 bits per heavy atom. The van der Waals surface area contributed by atoms with Crippen LogP contribution in [0, 0.1) is 0 Å². The summed E-state index contributed by atoms with van der Waals surface area (Å²) >= 11 is 0. The molecule has 0 amide bonds. The molecule has 0 bridgehead atoms. The molecule has 0 radical (unpaired) electrons. The fourth-order valence-corrected chi connectivity index (χ4v) is 1.40. The van der Waals surface area contributed by atoms with Gasteiger partial charge >= 0.3 is 0 Å². The Kier molecular flexibility index (Phi) is 4.05. The first-order valence-corrected chi connectivity index (χ1v) is 4.51. The number of nitrogens with two attached hydrogens (primary N) is 1. The van der Waals surface area contributed by atoms with E-state index in [0.717, 1.165) is 0 Å². The maximum Gasteiger partial charge on any atom is 0.203 e. The Balaban J connectivity index is 0.00000112. The Hall–Kier alpha value is -1.13. The fourth-order valence-electron chi connectivity index (χ4n) is 1.40. The Bertz CT molecular complexity index is 332. The van der Waals surface area contributed by atoms with Crippen molar-refractivity contribution in [3.05, 3.63) is 18.2 Å². The average molecular weight is 232 g/mol. The molecule has 0 saturated heterocycles. The summed E-state index contributed by atoms with van der Waals surface area (Å²) in [7, 11) is 1.61. The van der Waals surface area contributed by atoms with Crippen LogP contribution < -0.4 is 19.9 Å². The van der Waals surface area contributed by atoms with E-state index in [2.05, 4.69) is 0 Å². The van der Waals surface area contributed by atoms with Crippen LogP contribution in [0.4, 0.5) is 0 Å². The highest BCUT2D eigenvalue weighted by Gasteiger charge is 2.22. The second kappa shape index (κ2) is 5.09. The molecule has 0 spiro atoms. The first kappa shape index (κ1) is 11.9. The van der Waals surface area contributed by atoms with Gasteiger partial charge < -0.3 is 19.9 Å². The van der Waals surface area contributed by atoms with Crippen molar-refractivity contribution in [1.82, 2.24) is 0 Å². The summed E-state index contributed by atoms with van der Waals surface area (Å²) < 4.78 is 16.3. The Morgan fingerprint density at radius 2 is 2.33 bits per heavy atom. The van der Waals surface area contributed by atoms with Gasteiger partial charge in [0.15, 0.2) is 11.5 Å². The summed E-state index contributed by atoms with van der Waals surface area (Å²) in [5.41, 5.74) is 5.49. The number of fused-ring (bicyclic) bond motifs is 1. The van der Waals surface area contributed by atoms with Gasteiger partial charge in [-0.15, -0.1) is 12.4 Å². The zero-order valence-corrected chi connectivity index (χ0v) is 9.25. The van der Waals surface area contributed by atoms with Crippen LogP contribution in [0.5, 0.6) is 17.2 Å². The number of hydrogen-bond acceptors (Lipinski definition) is 4. The molecule has 5 heteroatoms. The van der Waals surface area contributed by atoms with E-state index >= 15 is 0 Å². The highest BCUT2D eigenvalue weighted by Crippen LogP contribution is 2.39. The normalized spacial score (nSPS) is 17.9. The summed E-state index contributed by atoms with van der Waals surface area (Å²) in [6.07, 6.45) is -0.0605. The standard InChI is InChI=1S/C10H13NO3.ClH/c1-12-8-3-2-4-9-10(8)13-6-7(5-11)14-9;/h2-4,7H,5-6,11H2,1H3;1H. The van der Waals surface area contributed by atoms with Crippen LogP contribution in [0.3, 0.4) is 0 Å². The highest BCUT2D eigenvalue weighted by molar-refractivity contribution is 5.85. The minimum atomic E-state index is -0.0605. The summed E-state index contributed by atoms with van der Waals surface area (Å²) in [6.45, 7) is 0.931. The number of rotatable bonds is 2. The van der Waals surface area contributed by atoms with E-state index in [1.807, 2.05) is 18.2 Å². The van der Waals surface area contributed by atoms with Gasteiger partial charge in [0.1, 0.15) is 12.7 Å². The maximum absolute atomic E-state index is 5.59. The molecule has 0 fully saturated rings. The molecule has 1 aliphatic heterocycles. The number of para-hydroxylation sites is 1. The molecule has 4 nitrogen and oxygen atoms in total. The second-order valence-electron chi connectivity index (χ2n) is 3.07. The van der Waals surface area contributed by atoms with Crippen LogP contribution in [0.2, 0.25) is 0 Å². The van der Waals surface area contributed by atoms with E-state index in [1.165, 1.54) is 0 Å². The van der Waals surface area contributed by atoms with E-state index in [1.54, 1.807) is 7.11 Å². The van der Waals surface area contributed by atoms with E-state index < -0.39 is 0 Å². The predicted molar refractivity (Wildman–Crippen MR) is 59.2 cm³/mol. The van der Waals surface area contributed by atoms with Gasteiger partial charge in [-0.05, 0) is 12.1 Å². The zero-order valence-electron chi connectivity index (χ0n) is 8.43. The monoisotopic (exact) mass is 231 g/mol. The molecular weight excluding hydrogens is 218 g/mol. The van der Waals surface area contributed by atoms with Crippen molar-refractivity contribution >= 4 is 12.4 Å². The van der Waals surface area contributed by atoms with Gasteiger partial charge in [-0.3, -0.25) is 0 Å². The number of ether oxygens (including phenoxy) is 3. The van der Waals surface area contributed by atoms with Crippen LogP contribution in [0.25, 0.3) is 0 Å². The number of methoxy groups -OCH3 is 1. The SMILES string of the molecule is COc1cccc2c1OCC(CN)O2.Cl. The van der Waals surface area contributed by atoms with Gasteiger partial charge in [-0.1, -0.05) is 6.07 Å². The van der Waals surface area contributed by atoms with E-state index in [4.69, 9.17) is 19.9 Å². The minimum Gasteiger partial charge on any atom is -0.493 e. The third-order valence-electron chi connectivity index (χ3n) is 2.13. The predicted octanol–water partition coefficient (Wildman–Crippen LogP) is 1.22. The van der Waals surface area contributed by atoms with Crippen LogP contribution in [0.15, 0.2) is 18.2 Å². The largest absolute Gasteiger partial charge is 0.493 e. The van der Waals surface area contributed by atoms with Crippen molar-refractivity contribution in [1.29, 1.82) is 0 Å². The molecule has 0 aromatic heterocycles. The van der Waals surface area contributed by atoms with Gasteiger partial charge in [-0.25, -0.2) is 0 Å². The lowest BCUT2D eigenvalue weighted by molar-refractivity contribution is 0.0935. The molecule has 1 aromatic carbocycles. The first-order chi connectivity index (χ1) is 6.85. The molecule has 2 rings (SSSR count). The van der Waals surface area contributed by atoms with Crippen molar-refractivity contribution in [2.75, 3.05) is 20.3 Å². The maximum atomic E-state index is 5.59. The van der Waals surface area contributed by atoms with E-state index in [0.29, 0.717) is 30.4 Å². The summed E-state index contributed by atoms with van der Waals surface area (Å²) in [6, 6.07) is 5.55. The van der Waals surface area contributed by atoms with Crippen molar-refractivity contribution in [2.45, 2.75) is 6.10 Å². The molecule has 15 heavy (non-hydrogen) atoms. The lowest BCUT2D eigenvalue weighted by Gasteiger charge is -2.26. The zero-order chi connectivity index (χ0) is 9.97. The molecule has 1 aromatic rings. The molecule has 84 valence electrons. The highest BCUT2D eigenvalue weighted by atomic mass is 35.5. The molecule has 2 N–H and O–H groups in total.